The van der Waals surface area contributed by atoms with Crippen LogP contribution in [-0.2, 0) is 6.42 Å². The molecule has 1 atom stereocenters. The van der Waals surface area contributed by atoms with Crippen molar-refractivity contribution in [2.24, 2.45) is 5.92 Å². The Morgan fingerprint density at radius 2 is 2.33 bits per heavy atom. The summed E-state index contributed by atoms with van der Waals surface area (Å²) in [6, 6.07) is 6.05. The Bertz CT molecular complexity index is 769. The summed E-state index contributed by atoms with van der Waals surface area (Å²) < 4.78 is 5.52. The molecular weight excluding hydrogens is 324 g/mol. The number of carbonyl (C=O) groups excluding carboxylic acids is 1. The van der Waals surface area contributed by atoms with Crippen LogP contribution in [0.25, 0.3) is 10.6 Å². The molecule has 24 heavy (non-hydrogen) atoms. The second-order valence-electron chi connectivity index (χ2n) is 6.54. The van der Waals surface area contributed by atoms with Crippen molar-refractivity contribution >= 4 is 17.2 Å². The number of thiazole rings is 1. The molecule has 1 aliphatic heterocycles. The van der Waals surface area contributed by atoms with Gasteiger partial charge in [0.2, 0.25) is 0 Å². The van der Waals surface area contributed by atoms with Gasteiger partial charge in [0.1, 0.15) is 15.6 Å². The standard InChI is InChI=1S/C18H20N2O3S/c1-20(10-14(21)11-2-3-11)18(22)16-9-19-17(24-16)13-4-5-15-12(8-13)6-7-23-15/h4-5,8-9,11,14,21H,2-3,6-7,10H2,1H3. The summed E-state index contributed by atoms with van der Waals surface area (Å²) in [6.07, 6.45) is 4.27. The first-order valence-corrected chi connectivity index (χ1v) is 9.09. The van der Waals surface area contributed by atoms with Gasteiger partial charge in [-0.05, 0) is 42.5 Å². The summed E-state index contributed by atoms with van der Waals surface area (Å²) in [4.78, 5) is 19.1. The predicted molar refractivity (Wildman–Crippen MR) is 92.4 cm³/mol. The first-order valence-electron chi connectivity index (χ1n) is 8.27. The third-order valence-electron chi connectivity index (χ3n) is 4.63. The highest BCUT2D eigenvalue weighted by atomic mass is 32.1. The van der Waals surface area contributed by atoms with Gasteiger partial charge in [-0.15, -0.1) is 11.3 Å². The fourth-order valence-corrected chi connectivity index (χ4v) is 3.91. The maximum Gasteiger partial charge on any atom is 0.265 e. The summed E-state index contributed by atoms with van der Waals surface area (Å²) in [5.41, 5.74) is 2.21. The van der Waals surface area contributed by atoms with Crippen LogP contribution in [0.15, 0.2) is 24.4 Å². The number of rotatable bonds is 5. The maximum absolute atomic E-state index is 12.5. The molecule has 5 nitrogen and oxygen atoms in total. The molecule has 1 aromatic carbocycles. The zero-order valence-electron chi connectivity index (χ0n) is 13.6. The fourth-order valence-electron chi connectivity index (χ4n) is 3.01. The van der Waals surface area contributed by atoms with Gasteiger partial charge in [0.15, 0.2) is 0 Å². The molecule has 1 aliphatic carbocycles. The van der Waals surface area contributed by atoms with E-state index in [4.69, 9.17) is 4.74 Å². The lowest BCUT2D eigenvalue weighted by atomic mass is 10.1. The van der Waals surface area contributed by atoms with Gasteiger partial charge in [0.25, 0.3) is 5.91 Å². The molecule has 4 rings (SSSR count). The lowest BCUT2D eigenvalue weighted by molar-refractivity contribution is 0.0649. The maximum atomic E-state index is 12.5. The Morgan fingerprint density at radius 3 is 3.12 bits per heavy atom. The van der Waals surface area contributed by atoms with Crippen molar-refractivity contribution in [3.63, 3.8) is 0 Å². The number of hydrogen-bond acceptors (Lipinski definition) is 5. The number of aromatic nitrogens is 1. The minimum atomic E-state index is -0.414. The largest absolute Gasteiger partial charge is 0.493 e. The number of amides is 1. The van der Waals surface area contributed by atoms with E-state index in [9.17, 15) is 9.90 Å². The van der Waals surface area contributed by atoms with Crippen molar-refractivity contribution in [1.29, 1.82) is 0 Å². The summed E-state index contributed by atoms with van der Waals surface area (Å²) >= 11 is 1.39. The number of aliphatic hydroxyl groups excluding tert-OH is 1. The van der Waals surface area contributed by atoms with E-state index in [0.29, 0.717) is 17.3 Å². The molecule has 0 radical (unpaired) electrons. The number of carbonyl (C=O) groups is 1. The Balaban J connectivity index is 1.48. The van der Waals surface area contributed by atoms with E-state index in [1.165, 1.54) is 16.9 Å². The van der Waals surface area contributed by atoms with E-state index in [-0.39, 0.29) is 5.91 Å². The summed E-state index contributed by atoms with van der Waals surface area (Å²) in [5, 5.41) is 10.8. The second-order valence-corrected chi connectivity index (χ2v) is 7.57. The number of fused-ring (bicyclic) bond motifs is 1. The molecular formula is C18H20N2O3S. The number of ether oxygens (including phenoxy) is 1. The number of likely N-dealkylation sites (N-methyl/N-ethyl adjacent to an activating group) is 1. The minimum absolute atomic E-state index is 0.0806. The van der Waals surface area contributed by atoms with Gasteiger partial charge in [-0.1, -0.05) is 0 Å². The van der Waals surface area contributed by atoms with E-state index >= 15 is 0 Å². The molecule has 2 heterocycles. The lowest BCUT2D eigenvalue weighted by Gasteiger charge is -2.19. The lowest BCUT2D eigenvalue weighted by Crippen LogP contribution is -2.34. The molecule has 1 fully saturated rings. The van der Waals surface area contributed by atoms with Crippen LogP contribution in [0, 0.1) is 5.92 Å². The van der Waals surface area contributed by atoms with Gasteiger partial charge >= 0.3 is 0 Å². The highest BCUT2D eigenvalue weighted by Gasteiger charge is 2.31. The Labute approximate surface area is 144 Å². The zero-order valence-corrected chi connectivity index (χ0v) is 14.4. The first-order chi connectivity index (χ1) is 11.6. The van der Waals surface area contributed by atoms with Crippen molar-refractivity contribution in [2.45, 2.75) is 25.4 Å². The molecule has 1 saturated carbocycles. The van der Waals surface area contributed by atoms with E-state index in [2.05, 4.69) is 11.1 Å². The topological polar surface area (TPSA) is 62.7 Å². The van der Waals surface area contributed by atoms with Crippen LogP contribution in [0.3, 0.4) is 0 Å². The minimum Gasteiger partial charge on any atom is -0.493 e. The van der Waals surface area contributed by atoms with Crippen LogP contribution in [0.5, 0.6) is 5.75 Å². The molecule has 1 unspecified atom stereocenters. The molecule has 2 aliphatic rings. The highest BCUT2D eigenvalue weighted by Crippen LogP contribution is 2.34. The van der Waals surface area contributed by atoms with Crippen LogP contribution in [0.1, 0.15) is 28.1 Å². The third kappa shape index (κ3) is 3.03. The van der Waals surface area contributed by atoms with E-state index in [1.807, 2.05) is 12.1 Å². The van der Waals surface area contributed by atoms with Crippen molar-refractivity contribution < 1.29 is 14.6 Å². The van der Waals surface area contributed by atoms with Gasteiger partial charge in [0, 0.05) is 25.6 Å². The number of hydrogen-bond donors (Lipinski definition) is 1. The van der Waals surface area contributed by atoms with Crippen LogP contribution in [0.2, 0.25) is 0 Å². The van der Waals surface area contributed by atoms with Crippen molar-refractivity contribution in [3.05, 3.63) is 34.8 Å². The van der Waals surface area contributed by atoms with Crippen LogP contribution in [0.4, 0.5) is 0 Å². The number of benzene rings is 1. The van der Waals surface area contributed by atoms with Crippen LogP contribution < -0.4 is 4.74 Å². The van der Waals surface area contributed by atoms with Gasteiger partial charge in [-0.2, -0.15) is 0 Å². The van der Waals surface area contributed by atoms with Gasteiger partial charge in [0.05, 0.1) is 18.9 Å². The van der Waals surface area contributed by atoms with Crippen molar-refractivity contribution in [2.75, 3.05) is 20.2 Å². The summed E-state index contributed by atoms with van der Waals surface area (Å²) in [6.45, 7) is 1.11. The van der Waals surface area contributed by atoms with Crippen LogP contribution >= 0.6 is 11.3 Å². The van der Waals surface area contributed by atoms with Crippen molar-refractivity contribution in [3.8, 4) is 16.3 Å². The molecule has 2 aromatic rings. The molecule has 1 aromatic heterocycles. The van der Waals surface area contributed by atoms with Gasteiger partial charge < -0.3 is 14.7 Å². The highest BCUT2D eigenvalue weighted by molar-refractivity contribution is 7.16. The molecule has 6 heteroatoms. The fraction of sp³-hybridized carbons (Fsp3) is 0.444. The predicted octanol–water partition coefficient (Wildman–Crippen LogP) is 2.59. The monoisotopic (exact) mass is 344 g/mol. The molecule has 1 N–H and O–H groups in total. The summed E-state index contributed by atoms with van der Waals surface area (Å²) in [5.74, 6) is 1.23. The molecule has 0 saturated heterocycles. The van der Waals surface area contributed by atoms with Gasteiger partial charge in [-0.25, -0.2) is 4.98 Å². The second kappa shape index (κ2) is 6.18. The molecule has 1 amide bonds. The smallest absolute Gasteiger partial charge is 0.265 e. The average molecular weight is 344 g/mol. The first kappa shape index (κ1) is 15.6. The summed E-state index contributed by atoms with van der Waals surface area (Å²) in [7, 11) is 1.74. The number of nitrogens with zero attached hydrogens (tertiary/aromatic N) is 2. The Kier molecular flexibility index (Phi) is 4.02. The third-order valence-corrected chi connectivity index (χ3v) is 5.66. The Morgan fingerprint density at radius 1 is 1.50 bits per heavy atom. The molecule has 126 valence electrons. The van der Waals surface area contributed by atoms with Crippen LogP contribution in [-0.4, -0.2) is 47.2 Å². The van der Waals surface area contributed by atoms with Gasteiger partial charge in [-0.3, -0.25) is 4.79 Å². The molecule has 0 spiro atoms. The Hall–Kier alpha value is -1.92. The average Bonchev–Trinajstić information content (AvgIpc) is 3.14. The van der Waals surface area contributed by atoms with E-state index in [0.717, 1.165) is 42.2 Å². The molecule has 0 bridgehead atoms. The van der Waals surface area contributed by atoms with Crippen molar-refractivity contribution in [1.82, 2.24) is 9.88 Å². The quantitative estimate of drug-likeness (QED) is 0.906. The number of aliphatic hydroxyl groups is 1. The van der Waals surface area contributed by atoms with E-state index < -0.39 is 6.10 Å². The van der Waals surface area contributed by atoms with E-state index in [1.54, 1.807) is 18.1 Å². The zero-order chi connectivity index (χ0) is 16.7. The SMILES string of the molecule is CN(CC(O)C1CC1)C(=O)c1cnc(-c2ccc3c(c2)CCO3)s1. The normalized spacial score (nSPS) is 17.2.